The van der Waals surface area contributed by atoms with Crippen molar-refractivity contribution in [1.82, 2.24) is 4.90 Å². The minimum absolute atomic E-state index is 0.0514. The number of nitrogens with zero attached hydrogens (tertiary/aromatic N) is 1. The van der Waals surface area contributed by atoms with E-state index in [1.165, 1.54) is 0 Å². The first-order valence-corrected chi connectivity index (χ1v) is 8.61. The minimum Gasteiger partial charge on any atom is -0.497 e. The Morgan fingerprint density at radius 1 is 1.27 bits per heavy atom. The Balaban J connectivity index is 1.73. The number of amides is 2. The fraction of sp³-hybridized carbons (Fsp3) is 0.421. The highest BCUT2D eigenvalue weighted by atomic mass is 16.5. The number of urea groups is 1. The second-order valence-electron chi connectivity index (χ2n) is 6.13. The molecular formula is C19H24N2O5. The summed E-state index contributed by atoms with van der Waals surface area (Å²) in [6.45, 7) is 1.63. The van der Waals surface area contributed by atoms with Gasteiger partial charge < -0.3 is 28.8 Å². The number of benzene rings is 1. The van der Waals surface area contributed by atoms with E-state index in [-0.39, 0.29) is 12.1 Å². The van der Waals surface area contributed by atoms with Crippen LogP contribution in [0.25, 0.3) is 0 Å². The molecule has 1 N–H and O–H groups in total. The van der Waals surface area contributed by atoms with Crippen LogP contribution < -0.4 is 14.8 Å². The van der Waals surface area contributed by atoms with Crippen LogP contribution in [0.15, 0.2) is 41.0 Å². The zero-order valence-electron chi connectivity index (χ0n) is 15.1. The fourth-order valence-electron chi connectivity index (χ4n) is 2.93. The molecule has 2 amide bonds. The molecule has 2 heterocycles. The SMILES string of the molecule is COc1cc(NC(=O)N(Cc2ccco2)C[C@@H]2CCCO2)cc(OC)c1. The van der Waals surface area contributed by atoms with E-state index < -0.39 is 0 Å². The molecule has 26 heavy (non-hydrogen) atoms. The Bertz CT molecular complexity index is 688. The lowest BCUT2D eigenvalue weighted by atomic mass is 10.2. The number of hydrogen-bond acceptors (Lipinski definition) is 5. The normalized spacial score (nSPS) is 16.3. The highest BCUT2D eigenvalue weighted by Gasteiger charge is 2.23. The van der Waals surface area contributed by atoms with E-state index in [4.69, 9.17) is 18.6 Å². The monoisotopic (exact) mass is 360 g/mol. The van der Waals surface area contributed by atoms with Gasteiger partial charge in [-0.1, -0.05) is 0 Å². The molecule has 2 aromatic rings. The summed E-state index contributed by atoms with van der Waals surface area (Å²) in [5.41, 5.74) is 0.600. The summed E-state index contributed by atoms with van der Waals surface area (Å²) in [4.78, 5) is 14.6. The highest BCUT2D eigenvalue weighted by molar-refractivity contribution is 5.89. The molecule has 1 saturated heterocycles. The van der Waals surface area contributed by atoms with Gasteiger partial charge >= 0.3 is 6.03 Å². The topological polar surface area (TPSA) is 73.2 Å². The van der Waals surface area contributed by atoms with Crippen LogP contribution in [0.2, 0.25) is 0 Å². The van der Waals surface area contributed by atoms with Crippen LogP contribution in [0.5, 0.6) is 11.5 Å². The van der Waals surface area contributed by atoms with Crippen molar-refractivity contribution in [1.29, 1.82) is 0 Å². The van der Waals surface area contributed by atoms with Crippen molar-refractivity contribution in [3.63, 3.8) is 0 Å². The van der Waals surface area contributed by atoms with Crippen LogP contribution in [0, 0.1) is 0 Å². The van der Waals surface area contributed by atoms with E-state index in [9.17, 15) is 4.79 Å². The lowest BCUT2D eigenvalue weighted by molar-refractivity contribution is 0.0803. The van der Waals surface area contributed by atoms with Crippen LogP contribution in [-0.4, -0.2) is 44.4 Å². The number of carbonyl (C=O) groups excluding carboxylic acids is 1. The van der Waals surface area contributed by atoms with Crippen molar-refractivity contribution < 1.29 is 23.4 Å². The van der Waals surface area contributed by atoms with Gasteiger partial charge in [0.1, 0.15) is 17.3 Å². The van der Waals surface area contributed by atoms with Gasteiger partial charge in [-0.3, -0.25) is 0 Å². The summed E-state index contributed by atoms with van der Waals surface area (Å²) in [6.07, 6.45) is 3.63. The standard InChI is InChI=1S/C19H24N2O5/c1-23-17-9-14(10-18(11-17)24-2)20-19(22)21(12-15-5-3-7-25-15)13-16-6-4-8-26-16/h3,5,7,9-11,16H,4,6,8,12-13H2,1-2H3,(H,20,22)/t16-/m0/s1. The molecule has 7 heteroatoms. The Morgan fingerprint density at radius 2 is 2.04 bits per heavy atom. The van der Waals surface area contributed by atoms with Gasteiger partial charge in [-0.15, -0.1) is 0 Å². The van der Waals surface area contributed by atoms with Crippen LogP contribution in [-0.2, 0) is 11.3 Å². The third kappa shape index (κ3) is 4.70. The maximum Gasteiger partial charge on any atom is 0.322 e. The molecule has 0 spiro atoms. The third-order valence-corrected chi connectivity index (χ3v) is 4.26. The van der Waals surface area contributed by atoms with Gasteiger partial charge in [-0.25, -0.2) is 4.79 Å². The van der Waals surface area contributed by atoms with E-state index in [1.54, 1.807) is 43.6 Å². The first kappa shape index (κ1) is 18.1. The molecule has 1 aromatic heterocycles. The summed E-state index contributed by atoms with van der Waals surface area (Å²) in [5.74, 6) is 1.94. The Kier molecular flexibility index (Phi) is 6.01. The van der Waals surface area contributed by atoms with Crippen LogP contribution in [0.1, 0.15) is 18.6 Å². The van der Waals surface area contributed by atoms with Crippen molar-refractivity contribution >= 4 is 11.7 Å². The van der Waals surface area contributed by atoms with Crippen molar-refractivity contribution in [2.75, 3.05) is 32.7 Å². The third-order valence-electron chi connectivity index (χ3n) is 4.26. The zero-order chi connectivity index (χ0) is 18.4. The predicted octanol–water partition coefficient (Wildman–Crippen LogP) is 3.51. The van der Waals surface area contributed by atoms with Gasteiger partial charge in [0.15, 0.2) is 0 Å². The van der Waals surface area contributed by atoms with E-state index in [1.807, 2.05) is 12.1 Å². The first-order chi connectivity index (χ1) is 12.7. The van der Waals surface area contributed by atoms with E-state index in [0.29, 0.717) is 30.3 Å². The number of anilines is 1. The Labute approximate surface area is 152 Å². The maximum absolute atomic E-state index is 12.9. The molecule has 0 aliphatic carbocycles. The minimum atomic E-state index is -0.229. The molecule has 3 rings (SSSR count). The molecular weight excluding hydrogens is 336 g/mol. The number of carbonyl (C=O) groups is 1. The molecule has 0 unspecified atom stereocenters. The predicted molar refractivity (Wildman–Crippen MR) is 96.7 cm³/mol. The molecule has 140 valence electrons. The summed E-state index contributed by atoms with van der Waals surface area (Å²) in [6, 6.07) is 8.68. The molecule has 1 aromatic carbocycles. The molecule has 0 radical (unpaired) electrons. The molecule has 7 nitrogen and oxygen atoms in total. The Hall–Kier alpha value is -2.67. The molecule has 0 bridgehead atoms. The van der Waals surface area contributed by atoms with Crippen molar-refractivity contribution in [2.45, 2.75) is 25.5 Å². The smallest absolute Gasteiger partial charge is 0.322 e. The second kappa shape index (κ2) is 8.62. The van der Waals surface area contributed by atoms with Crippen molar-refractivity contribution in [3.8, 4) is 11.5 Å². The summed E-state index contributed by atoms with van der Waals surface area (Å²) in [5, 5.41) is 2.91. The van der Waals surface area contributed by atoms with Gasteiger partial charge in [0.2, 0.25) is 0 Å². The summed E-state index contributed by atoms with van der Waals surface area (Å²) >= 11 is 0. The summed E-state index contributed by atoms with van der Waals surface area (Å²) < 4.78 is 21.6. The van der Waals surface area contributed by atoms with E-state index >= 15 is 0 Å². The summed E-state index contributed by atoms with van der Waals surface area (Å²) in [7, 11) is 3.14. The van der Waals surface area contributed by atoms with Crippen molar-refractivity contribution in [3.05, 3.63) is 42.4 Å². The van der Waals surface area contributed by atoms with Gasteiger partial charge in [0, 0.05) is 37.0 Å². The van der Waals surface area contributed by atoms with Gasteiger partial charge in [-0.05, 0) is 25.0 Å². The highest BCUT2D eigenvalue weighted by Crippen LogP contribution is 2.26. The number of rotatable bonds is 7. The molecule has 1 atom stereocenters. The van der Waals surface area contributed by atoms with Gasteiger partial charge in [-0.2, -0.15) is 0 Å². The quantitative estimate of drug-likeness (QED) is 0.818. The number of nitrogens with one attached hydrogen (secondary N) is 1. The van der Waals surface area contributed by atoms with Crippen LogP contribution in [0.3, 0.4) is 0 Å². The van der Waals surface area contributed by atoms with Crippen LogP contribution in [0.4, 0.5) is 10.5 Å². The molecule has 1 aliphatic heterocycles. The van der Waals surface area contributed by atoms with Crippen LogP contribution >= 0.6 is 0 Å². The number of ether oxygens (including phenoxy) is 3. The molecule has 1 fully saturated rings. The Morgan fingerprint density at radius 3 is 2.62 bits per heavy atom. The average molecular weight is 360 g/mol. The van der Waals surface area contributed by atoms with Gasteiger partial charge in [0.05, 0.1) is 33.1 Å². The lowest BCUT2D eigenvalue weighted by Gasteiger charge is -2.25. The first-order valence-electron chi connectivity index (χ1n) is 8.61. The maximum atomic E-state index is 12.9. The number of furan rings is 1. The number of methoxy groups -OCH3 is 2. The number of hydrogen-bond donors (Lipinski definition) is 1. The average Bonchev–Trinajstić information content (AvgIpc) is 3.34. The largest absolute Gasteiger partial charge is 0.497 e. The lowest BCUT2D eigenvalue weighted by Crippen LogP contribution is -2.39. The zero-order valence-corrected chi connectivity index (χ0v) is 15.1. The second-order valence-corrected chi connectivity index (χ2v) is 6.13. The molecule has 0 saturated carbocycles. The molecule has 1 aliphatic rings. The van der Waals surface area contributed by atoms with E-state index in [0.717, 1.165) is 25.2 Å². The van der Waals surface area contributed by atoms with Crippen molar-refractivity contribution in [2.24, 2.45) is 0 Å². The van der Waals surface area contributed by atoms with E-state index in [2.05, 4.69) is 5.32 Å². The van der Waals surface area contributed by atoms with Gasteiger partial charge in [0.25, 0.3) is 0 Å². The fourth-order valence-corrected chi connectivity index (χ4v) is 2.93.